The first kappa shape index (κ1) is 16.7. The van der Waals surface area contributed by atoms with E-state index < -0.39 is 0 Å². The van der Waals surface area contributed by atoms with Gasteiger partial charge >= 0.3 is 0 Å². The van der Waals surface area contributed by atoms with Gasteiger partial charge in [0.25, 0.3) is 5.91 Å². The third-order valence-corrected chi connectivity index (χ3v) is 3.86. The highest BCUT2D eigenvalue weighted by molar-refractivity contribution is 7.14. The molecule has 0 bridgehead atoms. The lowest BCUT2D eigenvalue weighted by Gasteiger charge is -2.12. The summed E-state index contributed by atoms with van der Waals surface area (Å²) in [6.07, 6.45) is 1.24. The van der Waals surface area contributed by atoms with Gasteiger partial charge in [-0.05, 0) is 31.9 Å². The Morgan fingerprint density at radius 1 is 1.60 bits per heavy atom. The highest BCUT2D eigenvalue weighted by Crippen LogP contribution is 2.21. The maximum atomic E-state index is 12.1. The van der Waals surface area contributed by atoms with Gasteiger partial charge in [0.15, 0.2) is 0 Å². The fourth-order valence-electron chi connectivity index (χ4n) is 1.58. The van der Waals surface area contributed by atoms with Gasteiger partial charge < -0.3 is 15.2 Å². The van der Waals surface area contributed by atoms with Crippen molar-refractivity contribution in [1.29, 1.82) is 0 Å². The molecule has 1 amide bonds. The molecule has 1 atom stereocenters. The Morgan fingerprint density at radius 3 is 3.00 bits per heavy atom. The monoisotopic (exact) mass is 295 g/mol. The second-order valence-electron chi connectivity index (χ2n) is 4.55. The van der Waals surface area contributed by atoms with Crippen LogP contribution in [0.4, 0.5) is 0 Å². The Morgan fingerprint density at radius 2 is 2.35 bits per heavy atom. The minimum Gasteiger partial charge on any atom is -0.395 e. The van der Waals surface area contributed by atoms with Crippen LogP contribution < -0.4 is 5.32 Å². The maximum absolute atomic E-state index is 12.1. The summed E-state index contributed by atoms with van der Waals surface area (Å²) in [5.74, 6) is 5.79. The standard InChI is InChI=1S/C15H21NO3S/c1-11-10-14(20-13(11)6-4-5-8-17)15(18)16-12(2)7-9-19-3/h10,12,17H,5,7-9H2,1-3H3,(H,16,18). The molecule has 2 N–H and O–H groups in total. The molecule has 1 rings (SSSR count). The Kier molecular flexibility index (Phi) is 7.31. The van der Waals surface area contributed by atoms with Crippen LogP contribution >= 0.6 is 11.3 Å². The summed E-state index contributed by atoms with van der Waals surface area (Å²) in [5.41, 5.74) is 0.995. The van der Waals surface area contributed by atoms with Gasteiger partial charge in [0.1, 0.15) is 0 Å². The first-order chi connectivity index (χ1) is 9.58. The summed E-state index contributed by atoms with van der Waals surface area (Å²) in [4.78, 5) is 13.6. The number of thiophene rings is 1. The van der Waals surface area contributed by atoms with Crippen LogP contribution in [0.1, 0.15) is 39.9 Å². The summed E-state index contributed by atoms with van der Waals surface area (Å²) in [6.45, 7) is 4.58. The van der Waals surface area contributed by atoms with Gasteiger partial charge in [-0.15, -0.1) is 11.3 Å². The van der Waals surface area contributed by atoms with Gasteiger partial charge in [0.05, 0.1) is 16.4 Å². The minimum absolute atomic E-state index is 0.0573. The van der Waals surface area contributed by atoms with Crippen molar-refractivity contribution in [3.05, 3.63) is 21.4 Å². The van der Waals surface area contributed by atoms with Crippen molar-refractivity contribution in [2.45, 2.75) is 32.7 Å². The first-order valence-corrected chi connectivity index (χ1v) is 7.40. The molecule has 0 fully saturated rings. The number of carbonyl (C=O) groups is 1. The summed E-state index contributed by atoms with van der Waals surface area (Å²) < 4.78 is 4.99. The summed E-state index contributed by atoms with van der Waals surface area (Å²) in [5, 5.41) is 11.6. The molecule has 0 saturated heterocycles. The van der Waals surface area contributed by atoms with Crippen LogP contribution in [0.3, 0.4) is 0 Å². The van der Waals surface area contributed by atoms with Crippen molar-refractivity contribution >= 4 is 17.2 Å². The smallest absolute Gasteiger partial charge is 0.261 e. The number of aliphatic hydroxyl groups excluding tert-OH is 1. The molecule has 0 aliphatic carbocycles. The normalized spacial score (nSPS) is 11.6. The lowest BCUT2D eigenvalue weighted by atomic mass is 10.2. The Hall–Kier alpha value is -1.35. The van der Waals surface area contributed by atoms with E-state index in [1.54, 1.807) is 7.11 Å². The Bertz CT molecular complexity index is 499. The predicted octanol–water partition coefficient (Wildman–Crippen LogP) is 1.95. The van der Waals surface area contributed by atoms with E-state index >= 15 is 0 Å². The molecule has 4 nitrogen and oxygen atoms in total. The van der Waals surface area contributed by atoms with Crippen molar-refractivity contribution in [2.75, 3.05) is 20.3 Å². The average Bonchev–Trinajstić information content (AvgIpc) is 2.78. The largest absolute Gasteiger partial charge is 0.395 e. The second kappa shape index (κ2) is 8.75. The zero-order chi connectivity index (χ0) is 15.0. The highest BCUT2D eigenvalue weighted by Gasteiger charge is 2.13. The number of nitrogens with one attached hydrogen (secondary N) is 1. The molecule has 110 valence electrons. The molecular formula is C15H21NO3S. The van der Waals surface area contributed by atoms with Crippen LogP contribution in [0.5, 0.6) is 0 Å². The van der Waals surface area contributed by atoms with Gasteiger partial charge in [-0.2, -0.15) is 0 Å². The van der Waals surface area contributed by atoms with Gasteiger partial charge in [-0.1, -0.05) is 11.8 Å². The van der Waals surface area contributed by atoms with E-state index in [1.165, 1.54) is 11.3 Å². The molecular weight excluding hydrogens is 274 g/mol. The fraction of sp³-hybridized carbons (Fsp3) is 0.533. The number of amides is 1. The number of methoxy groups -OCH3 is 1. The van der Waals surface area contributed by atoms with Crippen LogP contribution in [0, 0.1) is 18.8 Å². The average molecular weight is 295 g/mol. The molecule has 1 aromatic heterocycles. The summed E-state index contributed by atoms with van der Waals surface area (Å²) >= 11 is 1.39. The molecule has 0 radical (unpaired) electrons. The number of hydrogen-bond acceptors (Lipinski definition) is 4. The van der Waals surface area contributed by atoms with Crippen molar-refractivity contribution in [1.82, 2.24) is 5.32 Å². The molecule has 20 heavy (non-hydrogen) atoms. The molecule has 1 aromatic rings. The van der Waals surface area contributed by atoms with Gasteiger partial charge in [0, 0.05) is 26.2 Å². The van der Waals surface area contributed by atoms with E-state index in [0.717, 1.165) is 16.9 Å². The van der Waals surface area contributed by atoms with E-state index in [2.05, 4.69) is 17.2 Å². The SMILES string of the molecule is COCCC(C)NC(=O)c1cc(C)c(C#CCCO)s1. The highest BCUT2D eigenvalue weighted by atomic mass is 32.1. The first-order valence-electron chi connectivity index (χ1n) is 6.58. The molecule has 1 heterocycles. The van der Waals surface area contributed by atoms with Crippen LogP contribution in [0.15, 0.2) is 6.07 Å². The number of rotatable bonds is 6. The molecule has 0 aromatic carbocycles. The molecule has 0 aliphatic rings. The zero-order valence-corrected chi connectivity index (χ0v) is 13.0. The van der Waals surface area contributed by atoms with Crippen molar-refractivity contribution < 1.29 is 14.6 Å². The van der Waals surface area contributed by atoms with E-state index in [1.807, 2.05) is 19.9 Å². The van der Waals surface area contributed by atoms with E-state index in [4.69, 9.17) is 9.84 Å². The molecule has 0 spiro atoms. The van der Waals surface area contributed by atoms with Crippen LogP contribution in [-0.2, 0) is 4.74 Å². The van der Waals surface area contributed by atoms with Gasteiger partial charge in [-0.25, -0.2) is 0 Å². The van der Waals surface area contributed by atoms with Crippen LogP contribution in [0.2, 0.25) is 0 Å². The predicted molar refractivity (Wildman–Crippen MR) is 81.1 cm³/mol. The van der Waals surface area contributed by atoms with Crippen molar-refractivity contribution in [3.8, 4) is 11.8 Å². The third kappa shape index (κ3) is 5.33. The van der Waals surface area contributed by atoms with E-state index in [-0.39, 0.29) is 18.6 Å². The number of hydrogen-bond donors (Lipinski definition) is 2. The van der Waals surface area contributed by atoms with Crippen LogP contribution in [0.25, 0.3) is 0 Å². The fourth-order valence-corrected chi connectivity index (χ4v) is 2.53. The van der Waals surface area contributed by atoms with Crippen molar-refractivity contribution in [2.24, 2.45) is 0 Å². The van der Waals surface area contributed by atoms with E-state index in [9.17, 15) is 4.79 Å². The number of carbonyl (C=O) groups excluding carboxylic acids is 1. The molecule has 0 saturated carbocycles. The second-order valence-corrected chi connectivity index (χ2v) is 5.61. The van der Waals surface area contributed by atoms with Crippen molar-refractivity contribution in [3.63, 3.8) is 0 Å². The molecule has 5 heteroatoms. The minimum atomic E-state index is -0.0723. The third-order valence-electron chi connectivity index (χ3n) is 2.71. The number of aryl methyl sites for hydroxylation is 1. The molecule has 1 unspecified atom stereocenters. The topological polar surface area (TPSA) is 58.6 Å². The quantitative estimate of drug-likeness (QED) is 0.789. The Balaban J connectivity index is 2.66. The summed E-state index contributed by atoms with van der Waals surface area (Å²) in [7, 11) is 1.65. The van der Waals surface area contributed by atoms with Crippen LogP contribution in [-0.4, -0.2) is 37.4 Å². The van der Waals surface area contributed by atoms with E-state index in [0.29, 0.717) is 17.9 Å². The lowest BCUT2D eigenvalue weighted by molar-refractivity contribution is 0.0933. The number of ether oxygens (including phenoxy) is 1. The zero-order valence-electron chi connectivity index (χ0n) is 12.2. The lowest BCUT2D eigenvalue weighted by Crippen LogP contribution is -2.32. The van der Waals surface area contributed by atoms with Gasteiger partial charge in [-0.3, -0.25) is 4.79 Å². The molecule has 0 aliphatic heterocycles. The number of aliphatic hydroxyl groups is 1. The van der Waals surface area contributed by atoms with Gasteiger partial charge in [0.2, 0.25) is 0 Å². The Labute approximate surface area is 124 Å². The summed E-state index contributed by atoms with van der Waals surface area (Å²) in [6, 6.07) is 1.93. The maximum Gasteiger partial charge on any atom is 0.261 e.